The molecule has 1 aromatic heterocycles. The van der Waals surface area contributed by atoms with E-state index in [9.17, 15) is 9.18 Å². The number of halogens is 1. The topological polar surface area (TPSA) is 60.8 Å². The molecule has 1 aromatic carbocycles. The zero-order valence-corrected chi connectivity index (χ0v) is 17.7. The van der Waals surface area contributed by atoms with Crippen LogP contribution in [-0.4, -0.2) is 78.4 Å². The number of nitrogens with zero attached hydrogens (tertiary/aromatic N) is 4. The second-order valence-corrected chi connectivity index (χ2v) is 8.43. The molecule has 6 nitrogen and oxygen atoms in total. The van der Waals surface area contributed by atoms with Gasteiger partial charge >= 0.3 is 0 Å². The molecule has 2 saturated heterocycles. The molecule has 3 heterocycles. The first-order valence-electron chi connectivity index (χ1n) is 10.7. The van der Waals surface area contributed by atoms with E-state index in [1.54, 1.807) is 18.2 Å². The molecule has 2 fully saturated rings. The number of rotatable bonds is 5. The Kier molecular flexibility index (Phi) is 6.27. The number of carbonyl (C=O) groups is 1. The Morgan fingerprint density at radius 2 is 2.17 bits per heavy atom. The minimum Gasteiger partial charge on any atom is -0.382 e. The summed E-state index contributed by atoms with van der Waals surface area (Å²) in [7, 11) is 1.67. The van der Waals surface area contributed by atoms with Crippen molar-refractivity contribution in [2.45, 2.75) is 44.4 Å². The molecule has 0 aliphatic carbocycles. The van der Waals surface area contributed by atoms with Gasteiger partial charge < -0.3 is 10.2 Å². The number of aryl methyl sites for hydroxylation is 1. The Bertz CT molecular complexity index is 925. The predicted molar refractivity (Wildman–Crippen MR) is 119 cm³/mol. The van der Waals surface area contributed by atoms with Crippen LogP contribution in [0.3, 0.4) is 0 Å². The molecule has 0 radical (unpaired) electrons. The number of nitrogens with one attached hydrogen (secondary N) is 1. The number of anilines is 1. The molecule has 2 aromatic rings. The summed E-state index contributed by atoms with van der Waals surface area (Å²) in [6.45, 7) is 4.30. The first-order chi connectivity index (χ1) is 14.5. The third-order valence-corrected chi connectivity index (χ3v) is 6.10. The van der Waals surface area contributed by atoms with Gasteiger partial charge in [-0.3, -0.25) is 19.7 Å². The van der Waals surface area contributed by atoms with E-state index < -0.39 is 6.17 Å². The van der Waals surface area contributed by atoms with E-state index in [2.05, 4.69) is 39.2 Å². The van der Waals surface area contributed by atoms with Crippen LogP contribution >= 0.6 is 0 Å². The number of hydrogen-bond donors (Lipinski definition) is 1. The van der Waals surface area contributed by atoms with Crippen molar-refractivity contribution < 1.29 is 9.18 Å². The number of alkyl halides is 1. The van der Waals surface area contributed by atoms with Gasteiger partial charge in [-0.15, -0.1) is 0 Å². The molecular formula is C23H30FN5O. The summed E-state index contributed by atoms with van der Waals surface area (Å²) in [5, 5.41) is 4.83. The highest BCUT2D eigenvalue weighted by Gasteiger charge is 2.35. The highest BCUT2D eigenvalue weighted by atomic mass is 19.1. The number of pyridine rings is 1. The quantitative estimate of drug-likeness (QED) is 0.769. The molecule has 7 heteroatoms. The van der Waals surface area contributed by atoms with Gasteiger partial charge in [0.2, 0.25) is 5.91 Å². The standard InChI is InChI=1S/C23H30FN5O/c1-16-10-20-21(26-12-16)4-3-5-22(20)27-18-6-8-28(9-7-18)15-23(30)29-14-17(24)11-19(29)13-25-2/h3-5,10,12-13,17-19,27H,6-9,11,14-15H2,1-2H3/t17-,19-/m0/s1. The molecule has 4 rings (SSSR count). The third kappa shape index (κ3) is 4.61. The number of piperidine rings is 1. The van der Waals surface area contributed by atoms with Gasteiger partial charge in [0, 0.05) is 56.1 Å². The maximum absolute atomic E-state index is 13.8. The SMILES string of the molecule is CN=C[C@@H]1C[C@H](F)CN1C(=O)CN1CCC(Nc2cccc3ncc(C)cc23)CC1. The van der Waals surface area contributed by atoms with Crippen molar-refractivity contribution in [3.63, 3.8) is 0 Å². The molecule has 1 amide bonds. The van der Waals surface area contributed by atoms with Crippen LogP contribution in [0.4, 0.5) is 10.1 Å². The van der Waals surface area contributed by atoms with Gasteiger partial charge in [0.15, 0.2) is 0 Å². The molecule has 0 bridgehead atoms. The summed E-state index contributed by atoms with van der Waals surface area (Å²) >= 11 is 0. The van der Waals surface area contributed by atoms with Crippen LogP contribution in [0.2, 0.25) is 0 Å². The maximum Gasteiger partial charge on any atom is 0.237 e. The zero-order chi connectivity index (χ0) is 21.1. The minimum absolute atomic E-state index is 0.00191. The number of aromatic nitrogens is 1. The van der Waals surface area contributed by atoms with Gasteiger partial charge in [-0.25, -0.2) is 4.39 Å². The maximum atomic E-state index is 13.8. The summed E-state index contributed by atoms with van der Waals surface area (Å²) in [6, 6.07) is 8.50. The number of benzene rings is 1. The minimum atomic E-state index is -0.953. The molecule has 0 spiro atoms. The normalized spacial score (nSPS) is 23.5. The van der Waals surface area contributed by atoms with Gasteiger partial charge in [0.05, 0.1) is 24.6 Å². The Hall–Kier alpha value is -2.54. The molecule has 2 atom stereocenters. The van der Waals surface area contributed by atoms with Gasteiger partial charge in [0.1, 0.15) is 6.17 Å². The molecule has 2 aliphatic rings. The molecule has 160 valence electrons. The van der Waals surface area contributed by atoms with Crippen molar-refractivity contribution in [3.8, 4) is 0 Å². The van der Waals surface area contributed by atoms with Crippen molar-refractivity contribution in [1.29, 1.82) is 0 Å². The summed E-state index contributed by atoms with van der Waals surface area (Å²) in [6.07, 6.45) is 4.92. The van der Waals surface area contributed by atoms with Crippen molar-refractivity contribution in [1.82, 2.24) is 14.8 Å². The van der Waals surface area contributed by atoms with E-state index in [1.807, 2.05) is 18.3 Å². The van der Waals surface area contributed by atoms with Gasteiger partial charge in [-0.2, -0.15) is 0 Å². The lowest BCUT2D eigenvalue weighted by molar-refractivity contribution is -0.132. The van der Waals surface area contributed by atoms with E-state index in [4.69, 9.17) is 0 Å². The van der Waals surface area contributed by atoms with E-state index in [-0.39, 0.29) is 18.5 Å². The van der Waals surface area contributed by atoms with Crippen molar-refractivity contribution >= 4 is 28.7 Å². The molecule has 0 saturated carbocycles. The fourth-order valence-electron chi connectivity index (χ4n) is 4.53. The Labute approximate surface area is 177 Å². The van der Waals surface area contributed by atoms with E-state index in [1.165, 1.54) is 0 Å². The van der Waals surface area contributed by atoms with Crippen molar-refractivity contribution in [2.75, 3.05) is 38.5 Å². The zero-order valence-electron chi connectivity index (χ0n) is 17.7. The van der Waals surface area contributed by atoms with Crippen LogP contribution in [0.5, 0.6) is 0 Å². The average Bonchev–Trinajstić information content (AvgIpc) is 3.10. The van der Waals surface area contributed by atoms with Gasteiger partial charge in [-0.1, -0.05) is 6.07 Å². The number of likely N-dealkylation sites (tertiary alicyclic amines) is 2. The summed E-state index contributed by atoms with van der Waals surface area (Å²) < 4.78 is 13.8. The number of hydrogen-bond acceptors (Lipinski definition) is 5. The van der Waals surface area contributed by atoms with Crippen LogP contribution < -0.4 is 5.32 Å². The monoisotopic (exact) mass is 411 g/mol. The average molecular weight is 412 g/mol. The number of aliphatic imine (C=N–C) groups is 1. The van der Waals surface area contributed by atoms with Crippen LogP contribution in [0.1, 0.15) is 24.8 Å². The second kappa shape index (κ2) is 9.08. The van der Waals surface area contributed by atoms with E-state index >= 15 is 0 Å². The van der Waals surface area contributed by atoms with Crippen molar-refractivity contribution in [2.24, 2.45) is 4.99 Å². The number of amides is 1. The highest BCUT2D eigenvalue weighted by Crippen LogP contribution is 2.26. The Morgan fingerprint density at radius 1 is 1.37 bits per heavy atom. The molecular weight excluding hydrogens is 381 g/mol. The lowest BCUT2D eigenvalue weighted by Crippen LogP contribution is -2.47. The fraction of sp³-hybridized carbons (Fsp3) is 0.522. The van der Waals surface area contributed by atoms with Gasteiger partial charge in [0.25, 0.3) is 0 Å². The fourth-order valence-corrected chi connectivity index (χ4v) is 4.53. The smallest absolute Gasteiger partial charge is 0.237 e. The Balaban J connectivity index is 1.32. The van der Waals surface area contributed by atoms with E-state index in [0.29, 0.717) is 19.0 Å². The first kappa shape index (κ1) is 20.7. The van der Waals surface area contributed by atoms with Crippen LogP contribution in [0.25, 0.3) is 10.9 Å². The lowest BCUT2D eigenvalue weighted by atomic mass is 10.0. The molecule has 30 heavy (non-hydrogen) atoms. The summed E-state index contributed by atoms with van der Waals surface area (Å²) in [5.41, 5.74) is 3.26. The highest BCUT2D eigenvalue weighted by molar-refractivity contribution is 5.91. The summed E-state index contributed by atoms with van der Waals surface area (Å²) in [5.74, 6) is 0.00191. The molecule has 1 N–H and O–H groups in total. The predicted octanol–water partition coefficient (Wildman–Crippen LogP) is 3.06. The Morgan fingerprint density at radius 3 is 2.93 bits per heavy atom. The van der Waals surface area contributed by atoms with Crippen LogP contribution in [0.15, 0.2) is 35.5 Å². The van der Waals surface area contributed by atoms with Crippen LogP contribution in [0, 0.1) is 6.92 Å². The lowest BCUT2D eigenvalue weighted by Gasteiger charge is -2.34. The second-order valence-electron chi connectivity index (χ2n) is 8.43. The molecule has 2 aliphatic heterocycles. The molecule has 0 unspecified atom stereocenters. The first-order valence-corrected chi connectivity index (χ1v) is 10.7. The van der Waals surface area contributed by atoms with E-state index in [0.717, 1.165) is 48.1 Å². The van der Waals surface area contributed by atoms with Gasteiger partial charge in [-0.05, 0) is 43.5 Å². The third-order valence-electron chi connectivity index (χ3n) is 6.10. The van der Waals surface area contributed by atoms with Crippen molar-refractivity contribution in [3.05, 3.63) is 36.0 Å². The number of carbonyl (C=O) groups excluding carboxylic acids is 1. The van der Waals surface area contributed by atoms with Crippen LogP contribution in [-0.2, 0) is 4.79 Å². The number of fused-ring (bicyclic) bond motifs is 1. The largest absolute Gasteiger partial charge is 0.382 e. The summed E-state index contributed by atoms with van der Waals surface area (Å²) in [4.78, 5) is 25.1.